The molecule has 0 saturated carbocycles. The van der Waals surface area contributed by atoms with Gasteiger partial charge in [0.15, 0.2) is 0 Å². The van der Waals surface area contributed by atoms with Crippen LogP contribution in [0.3, 0.4) is 0 Å². The lowest BCUT2D eigenvalue weighted by atomic mass is 9.97. The zero-order valence-corrected chi connectivity index (χ0v) is 10.9. The van der Waals surface area contributed by atoms with Gasteiger partial charge in [-0.25, -0.2) is 4.98 Å². The van der Waals surface area contributed by atoms with E-state index < -0.39 is 11.7 Å². The molecule has 0 aliphatic heterocycles. The second kappa shape index (κ2) is 4.89. The Hall–Kier alpha value is -2.34. The van der Waals surface area contributed by atoms with Crippen LogP contribution in [0, 0.1) is 0 Å². The molecule has 3 N–H and O–H groups in total. The molecule has 0 fully saturated rings. The summed E-state index contributed by atoms with van der Waals surface area (Å²) in [6, 6.07) is 7.72. The fourth-order valence-electron chi connectivity index (χ4n) is 2.40. The molecule has 0 saturated heterocycles. The molecule has 0 bridgehead atoms. The van der Waals surface area contributed by atoms with Crippen molar-refractivity contribution in [2.24, 2.45) is 5.73 Å². The molecule has 108 valence electrons. The third-order valence-electron chi connectivity index (χ3n) is 3.41. The molecule has 3 rings (SSSR count). The molecule has 2 aromatic heterocycles. The Bertz CT molecular complexity index is 790. The number of nitrogens with zero attached hydrogens (tertiary/aromatic N) is 1. The highest BCUT2D eigenvalue weighted by Crippen LogP contribution is 2.36. The zero-order chi connectivity index (χ0) is 15.0. The van der Waals surface area contributed by atoms with Gasteiger partial charge >= 0.3 is 6.18 Å². The molecule has 3 nitrogen and oxygen atoms in total. The lowest BCUT2D eigenvalue weighted by Crippen LogP contribution is -2.12. The van der Waals surface area contributed by atoms with Gasteiger partial charge in [0.2, 0.25) is 0 Å². The Balaban J connectivity index is 2.22. The fraction of sp³-hybridized carbons (Fsp3) is 0.133. The number of aromatic nitrogens is 2. The lowest BCUT2D eigenvalue weighted by Gasteiger charge is -2.14. The van der Waals surface area contributed by atoms with Crippen LogP contribution in [0.1, 0.15) is 11.1 Å². The largest absolute Gasteiger partial charge is 0.416 e. The molecule has 2 heterocycles. The average Bonchev–Trinajstić information content (AvgIpc) is 2.94. The fourth-order valence-corrected chi connectivity index (χ4v) is 2.40. The van der Waals surface area contributed by atoms with E-state index in [1.165, 1.54) is 6.07 Å². The van der Waals surface area contributed by atoms with Crippen molar-refractivity contribution in [1.29, 1.82) is 0 Å². The summed E-state index contributed by atoms with van der Waals surface area (Å²) in [6.45, 7) is -0.148. The summed E-state index contributed by atoms with van der Waals surface area (Å²) >= 11 is 0. The molecule has 0 aliphatic rings. The van der Waals surface area contributed by atoms with Crippen LogP contribution in [0.4, 0.5) is 13.2 Å². The van der Waals surface area contributed by atoms with Gasteiger partial charge in [-0.15, -0.1) is 0 Å². The highest BCUT2D eigenvalue weighted by atomic mass is 19.4. The number of H-pyrrole nitrogens is 1. The monoisotopic (exact) mass is 291 g/mol. The van der Waals surface area contributed by atoms with Gasteiger partial charge in [0.25, 0.3) is 0 Å². The number of alkyl halides is 3. The minimum Gasteiger partial charge on any atom is -0.346 e. The van der Waals surface area contributed by atoms with E-state index in [0.717, 1.165) is 11.5 Å². The molecule has 0 unspecified atom stereocenters. The van der Waals surface area contributed by atoms with Crippen LogP contribution in [0.25, 0.3) is 22.2 Å². The van der Waals surface area contributed by atoms with E-state index >= 15 is 0 Å². The van der Waals surface area contributed by atoms with E-state index in [1.54, 1.807) is 30.6 Å². The van der Waals surface area contributed by atoms with Crippen molar-refractivity contribution in [3.63, 3.8) is 0 Å². The normalized spacial score (nSPS) is 12.0. The first-order chi connectivity index (χ1) is 10.0. The minimum atomic E-state index is -4.42. The number of benzene rings is 1. The summed E-state index contributed by atoms with van der Waals surface area (Å²) in [7, 11) is 0. The maximum atomic E-state index is 13.1. The first-order valence-electron chi connectivity index (χ1n) is 6.33. The van der Waals surface area contributed by atoms with Gasteiger partial charge in [-0.05, 0) is 34.9 Å². The number of aromatic amines is 1. The highest BCUT2D eigenvalue weighted by molar-refractivity contribution is 5.92. The standard InChI is InChI=1S/C15H12F3N3/c16-15(17,18)13-7-9(1-2-10(13)8-19)11-3-5-20-14-12(11)4-6-21-14/h1-7H,8,19H2,(H,20,21). The first-order valence-corrected chi connectivity index (χ1v) is 6.33. The maximum absolute atomic E-state index is 13.1. The zero-order valence-electron chi connectivity index (χ0n) is 10.9. The summed E-state index contributed by atoms with van der Waals surface area (Å²) in [5.74, 6) is 0. The molecule has 0 radical (unpaired) electrons. The highest BCUT2D eigenvalue weighted by Gasteiger charge is 2.33. The minimum absolute atomic E-state index is 0.0885. The van der Waals surface area contributed by atoms with Gasteiger partial charge in [-0.2, -0.15) is 13.2 Å². The number of rotatable bonds is 2. The molecule has 0 atom stereocenters. The molecular formula is C15H12F3N3. The topological polar surface area (TPSA) is 54.7 Å². The number of hydrogen-bond acceptors (Lipinski definition) is 2. The molecule has 3 aromatic rings. The molecule has 1 aromatic carbocycles. The average molecular weight is 291 g/mol. The van der Waals surface area contributed by atoms with Crippen LogP contribution in [0.15, 0.2) is 42.7 Å². The molecule has 6 heteroatoms. The van der Waals surface area contributed by atoms with E-state index in [-0.39, 0.29) is 12.1 Å². The number of hydrogen-bond donors (Lipinski definition) is 2. The van der Waals surface area contributed by atoms with E-state index in [4.69, 9.17) is 5.73 Å². The Labute approximate surface area is 118 Å². The summed E-state index contributed by atoms with van der Waals surface area (Å²) < 4.78 is 39.3. The van der Waals surface area contributed by atoms with Crippen molar-refractivity contribution < 1.29 is 13.2 Å². The van der Waals surface area contributed by atoms with Crippen LogP contribution in [-0.4, -0.2) is 9.97 Å². The Morgan fingerprint density at radius 2 is 1.95 bits per heavy atom. The second-order valence-corrected chi connectivity index (χ2v) is 4.67. The van der Waals surface area contributed by atoms with Gasteiger partial charge in [0.05, 0.1) is 5.56 Å². The Kier molecular flexibility index (Phi) is 3.17. The number of fused-ring (bicyclic) bond motifs is 1. The van der Waals surface area contributed by atoms with E-state index in [2.05, 4.69) is 9.97 Å². The van der Waals surface area contributed by atoms with Crippen LogP contribution in [0.2, 0.25) is 0 Å². The molecular weight excluding hydrogens is 279 g/mol. The molecule has 0 spiro atoms. The maximum Gasteiger partial charge on any atom is 0.416 e. The number of halogens is 3. The number of nitrogens with two attached hydrogens (primary N) is 1. The van der Waals surface area contributed by atoms with Crippen molar-refractivity contribution in [2.45, 2.75) is 12.7 Å². The van der Waals surface area contributed by atoms with Gasteiger partial charge in [-0.1, -0.05) is 12.1 Å². The van der Waals surface area contributed by atoms with Crippen LogP contribution >= 0.6 is 0 Å². The van der Waals surface area contributed by atoms with Gasteiger partial charge in [-0.3, -0.25) is 0 Å². The van der Waals surface area contributed by atoms with Gasteiger partial charge in [0.1, 0.15) is 5.65 Å². The quantitative estimate of drug-likeness (QED) is 0.756. The van der Waals surface area contributed by atoms with E-state index in [0.29, 0.717) is 16.8 Å². The summed E-state index contributed by atoms with van der Waals surface area (Å²) in [6.07, 6.45) is -1.15. The van der Waals surface area contributed by atoms with Crippen LogP contribution < -0.4 is 5.73 Å². The van der Waals surface area contributed by atoms with E-state index in [9.17, 15) is 13.2 Å². The summed E-state index contributed by atoms with van der Waals surface area (Å²) in [5.41, 5.74) is 6.63. The van der Waals surface area contributed by atoms with Crippen LogP contribution in [0.5, 0.6) is 0 Å². The Morgan fingerprint density at radius 1 is 1.14 bits per heavy atom. The third-order valence-corrected chi connectivity index (χ3v) is 3.41. The van der Waals surface area contributed by atoms with Crippen molar-refractivity contribution in [3.8, 4) is 11.1 Å². The number of pyridine rings is 1. The Morgan fingerprint density at radius 3 is 2.67 bits per heavy atom. The SMILES string of the molecule is NCc1ccc(-c2ccnc3[nH]ccc23)cc1C(F)(F)F. The van der Waals surface area contributed by atoms with E-state index in [1.807, 2.05) is 0 Å². The van der Waals surface area contributed by atoms with Gasteiger partial charge in [0, 0.05) is 24.3 Å². The van der Waals surface area contributed by atoms with Crippen molar-refractivity contribution in [3.05, 3.63) is 53.9 Å². The molecule has 0 amide bonds. The second-order valence-electron chi connectivity index (χ2n) is 4.67. The third kappa shape index (κ3) is 2.38. The first kappa shape index (κ1) is 13.6. The molecule has 21 heavy (non-hydrogen) atoms. The predicted octanol–water partition coefficient (Wildman–Crippen LogP) is 3.71. The predicted molar refractivity (Wildman–Crippen MR) is 74.4 cm³/mol. The summed E-state index contributed by atoms with van der Waals surface area (Å²) in [4.78, 5) is 7.08. The van der Waals surface area contributed by atoms with Crippen molar-refractivity contribution in [2.75, 3.05) is 0 Å². The van der Waals surface area contributed by atoms with Crippen molar-refractivity contribution >= 4 is 11.0 Å². The lowest BCUT2D eigenvalue weighted by molar-refractivity contribution is -0.138. The van der Waals surface area contributed by atoms with Gasteiger partial charge < -0.3 is 10.7 Å². The van der Waals surface area contributed by atoms with Crippen molar-refractivity contribution in [1.82, 2.24) is 9.97 Å². The molecule has 0 aliphatic carbocycles. The number of nitrogens with one attached hydrogen (secondary N) is 1. The van der Waals surface area contributed by atoms with Crippen LogP contribution in [-0.2, 0) is 12.7 Å². The summed E-state index contributed by atoms with van der Waals surface area (Å²) in [5, 5.41) is 0.783. The smallest absolute Gasteiger partial charge is 0.346 e.